The summed E-state index contributed by atoms with van der Waals surface area (Å²) in [7, 11) is -3.83. The molecule has 1 aliphatic rings. The molecule has 2 heterocycles. The molecule has 37 heavy (non-hydrogen) atoms. The summed E-state index contributed by atoms with van der Waals surface area (Å²) in [6, 6.07) is 16.9. The fourth-order valence-corrected chi connectivity index (χ4v) is 7.06. The van der Waals surface area contributed by atoms with Crippen LogP contribution in [0.1, 0.15) is 63.0 Å². The number of nitrogens with zero attached hydrogens (tertiary/aromatic N) is 1. The molecule has 0 amide bonds. The Morgan fingerprint density at radius 1 is 1.11 bits per heavy atom. The van der Waals surface area contributed by atoms with Gasteiger partial charge in [-0.15, -0.1) is 11.3 Å². The molecule has 1 saturated heterocycles. The minimum atomic E-state index is -3.83. The monoisotopic (exact) mass is 540 g/mol. The Bertz CT molecular complexity index is 1310. The summed E-state index contributed by atoms with van der Waals surface area (Å²) in [4.78, 5) is 30.8. The smallest absolute Gasteiger partial charge is 0.317 e. The maximum absolute atomic E-state index is 13.5. The van der Waals surface area contributed by atoms with Crippen LogP contribution >= 0.6 is 11.3 Å². The quantitative estimate of drug-likeness (QED) is 0.246. The number of ketones is 1. The Kier molecular flexibility index (Phi) is 8.44. The highest BCUT2D eigenvalue weighted by molar-refractivity contribution is 7.92. The number of aryl methyl sites for hydroxylation is 1. The van der Waals surface area contributed by atoms with Crippen molar-refractivity contribution in [3.63, 3.8) is 0 Å². The van der Waals surface area contributed by atoms with Gasteiger partial charge >= 0.3 is 5.97 Å². The fourth-order valence-electron chi connectivity index (χ4n) is 5.18. The number of benzene rings is 2. The van der Waals surface area contributed by atoms with Crippen LogP contribution in [0, 0.1) is 5.92 Å². The number of hydrogen-bond donors (Lipinski definition) is 1. The maximum atomic E-state index is 13.5. The van der Waals surface area contributed by atoms with E-state index in [2.05, 4.69) is 9.71 Å². The summed E-state index contributed by atoms with van der Waals surface area (Å²) in [5.74, 6) is -1.94. The van der Waals surface area contributed by atoms with Gasteiger partial charge in [-0.05, 0) is 48.9 Å². The van der Waals surface area contributed by atoms with Crippen molar-refractivity contribution in [2.45, 2.75) is 68.9 Å². The first-order chi connectivity index (χ1) is 17.8. The average molecular weight is 541 g/mol. The number of aromatic nitrogens is 1. The van der Waals surface area contributed by atoms with E-state index >= 15 is 0 Å². The number of carbonyl (C=O) groups excluding carboxylic acids is 2. The van der Waals surface area contributed by atoms with Crippen LogP contribution in [-0.2, 0) is 30.8 Å². The Labute approximate surface area is 222 Å². The molecule has 7 nitrogen and oxygen atoms in total. The van der Waals surface area contributed by atoms with Crippen molar-refractivity contribution in [3.8, 4) is 0 Å². The highest BCUT2D eigenvalue weighted by Crippen LogP contribution is 2.41. The van der Waals surface area contributed by atoms with Crippen molar-refractivity contribution in [3.05, 3.63) is 76.6 Å². The number of cyclic esters (lactones) is 1. The van der Waals surface area contributed by atoms with Gasteiger partial charge in [0.25, 0.3) is 10.0 Å². The summed E-state index contributed by atoms with van der Waals surface area (Å²) in [5.41, 5.74) is 2.87. The first-order valence-corrected chi connectivity index (χ1v) is 15.0. The van der Waals surface area contributed by atoms with Gasteiger partial charge in [0, 0.05) is 23.4 Å². The first-order valence-electron chi connectivity index (χ1n) is 12.6. The molecule has 0 spiro atoms. The first kappa shape index (κ1) is 27.0. The summed E-state index contributed by atoms with van der Waals surface area (Å²) in [6.45, 7) is 3.95. The van der Waals surface area contributed by atoms with E-state index in [9.17, 15) is 18.0 Å². The molecule has 4 rings (SSSR count). The van der Waals surface area contributed by atoms with Gasteiger partial charge in [-0.1, -0.05) is 62.7 Å². The van der Waals surface area contributed by atoms with E-state index in [0.717, 1.165) is 18.4 Å². The van der Waals surface area contributed by atoms with Gasteiger partial charge < -0.3 is 4.74 Å². The average Bonchev–Trinajstić information content (AvgIpc) is 3.42. The topological polar surface area (TPSA) is 102 Å². The molecule has 2 aromatic carbocycles. The molecule has 3 unspecified atom stereocenters. The summed E-state index contributed by atoms with van der Waals surface area (Å²) >= 11 is 1.19. The molecule has 1 aliphatic heterocycles. The normalized spacial score (nSPS) is 20.9. The molecular weight excluding hydrogens is 508 g/mol. The van der Waals surface area contributed by atoms with Crippen LogP contribution in [0.15, 0.2) is 70.5 Å². The van der Waals surface area contributed by atoms with Crippen LogP contribution in [-0.4, -0.2) is 30.8 Å². The number of anilines is 1. The zero-order valence-corrected chi connectivity index (χ0v) is 22.7. The second-order valence-electron chi connectivity index (χ2n) is 9.53. The van der Waals surface area contributed by atoms with Crippen LogP contribution in [0.4, 0.5) is 5.69 Å². The number of rotatable bonds is 11. The Hall–Kier alpha value is -3.04. The number of ether oxygens (including phenoxy) is 1. The van der Waals surface area contributed by atoms with E-state index in [1.165, 1.54) is 22.2 Å². The lowest BCUT2D eigenvalue weighted by molar-refractivity contribution is -0.180. The van der Waals surface area contributed by atoms with E-state index in [-0.39, 0.29) is 17.2 Å². The SMILES string of the molecule is CCCC1(CCc2ccccc2)CC(=O)C(C(CC)c2cccc(NS(=O)(=O)c3cscn3)c2)C(=O)O1. The molecule has 9 heteroatoms. The van der Waals surface area contributed by atoms with Crippen molar-refractivity contribution >= 4 is 38.8 Å². The van der Waals surface area contributed by atoms with Crippen molar-refractivity contribution in [1.82, 2.24) is 4.98 Å². The second kappa shape index (κ2) is 11.6. The molecule has 3 aromatic rings. The predicted octanol–water partition coefficient (Wildman–Crippen LogP) is 5.74. The zero-order valence-electron chi connectivity index (χ0n) is 21.1. The zero-order chi connectivity index (χ0) is 26.5. The Balaban J connectivity index is 1.53. The second-order valence-corrected chi connectivity index (χ2v) is 11.9. The largest absolute Gasteiger partial charge is 0.458 e. The minimum Gasteiger partial charge on any atom is -0.458 e. The van der Waals surface area contributed by atoms with Gasteiger partial charge in [0.15, 0.2) is 10.8 Å². The third kappa shape index (κ3) is 6.27. The number of sulfonamides is 1. The van der Waals surface area contributed by atoms with E-state index in [1.807, 2.05) is 50.2 Å². The highest BCUT2D eigenvalue weighted by Gasteiger charge is 2.48. The predicted molar refractivity (Wildman–Crippen MR) is 144 cm³/mol. The van der Waals surface area contributed by atoms with E-state index < -0.39 is 33.4 Å². The van der Waals surface area contributed by atoms with Gasteiger partial charge in [0.05, 0.1) is 5.51 Å². The van der Waals surface area contributed by atoms with Crippen LogP contribution in [0.25, 0.3) is 0 Å². The van der Waals surface area contributed by atoms with Crippen LogP contribution < -0.4 is 4.72 Å². The number of carbonyl (C=O) groups is 2. The summed E-state index contributed by atoms with van der Waals surface area (Å²) < 4.78 is 33.9. The van der Waals surface area contributed by atoms with Gasteiger partial charge in [0.1, 0.15) is 11.5 Å². The molecule has 1 N–H and O–H groups in total. The van der Waals surface area contributed by atoms with Crippen molar-refractivity contribution in [1.29, 1.82) is 0 Å². The van der Waals surface area contributed by atoms with Gasteiger partial charge in [-0.2, -0.15) is 8.42 Å². The van der Waals surface area contributed by atoms with Crippen molar-refractivity contribution < 1.29 is 22.7 Å². The van der Waals surface area contributed by atoms with Crippen LogP contribution in [0.2, 0.25) is 0 Å². The lowest BCUT2D eigenvalue weighted by atomic mass is 9.74. The molecule has 0 saturated carbocycles. The summed E-state index contributed by atoms with van der Waals surface area (Å²) in [5, 5.41) is 1.40. The molecule has 0 aliphatic carbocycles. The van der Waals surface area contributed by atoms with E-state index in [0.29, 0.717) is 30.5 Å². The number of Topliss-reactive ketones (excluding diaryl/α,β-unsaturated/α-hetero) is 1. The van der Waals surface area contributed by atoms with E-state index in [4.69, 9.17) is 4.74 Å². The third-order valence-electron chi connectivity index (χ3n) is 6.93. The number of hydrogen-bond acceptors (Lipinski definition) is 7. The van der Waals surface area contributed by atoms with Gasteiger partial charge in [0.2, 0.25) is 0 Å². The number of esters is 1. The molecule has 1 fully saturated rings. The van der Waals surface area contributed by atoms with Crippen LogP contribution in [0.5, 0.6) is 0 Å². The van der Waals surface area contributed by atoms with Crippen LogP contribution in [0.3, 0.4) is 0 Å². The highest BCUT2D eigenvalue weighted by atomic mass is 32.2. The molecule has 196 valence electrons. The van der Waals surface area contributed by atoms with Gasteiger partial charge in [-0.25, -0.2) is 4.98 Å². The third-order valence-corrected chi connectivity index (χ3v) is 8.94. The standard InChI is InChI=1S/C28H32N2O5S2/c1-3-14-28(15-13-20-9-6-5-7-10-20)17-24(31)26(27(32)35-28)23(4-2)21-11-8-12-22(16-21)30-37(33,34)25-18-36-19-29-25/h5-12,16,18-19,23,26,30H,3-4,13-15,17H2,1-2H3. The number of nitrogens with one attached hydrogen (secondary N) is 1. The maximum Gasteiger partial charge on any atom is 0.317 e. The summed E-state index contributed by atoms with van der Waals surface area (Å²) in [6.07, 6.45) is 3.48. The molecule has 0 bridgehead atoms. The molecule has 3 atom stereocenters. The fraction of sp³-hybridized carbons (Fsp3) is 0.393. The Morgan fingerprint density at radius 3 is 2.54 bits per heavy atom. The molecule has 0 radical (unpaired) electrons. The Morgan fingerprint density at radius 2 is 1.89 bits per heavy atom. The lowest BCUT2D eigenvalue weighted by Crippen LogP contribution is -2.49. The lowest BCUT2D eigenvalue weighted by Gasteiger charge is -2.40. The molecular formula is C28H32N2O5S2. The molecule has 1 aromatic heterocycles. The van der Waals surface area contributed by atoms with Gasteiger partial charge in [-0.3, -0.25) is 14.3 Å². The minimum absolute atomic E-state index is 0.0521. The number of thiazole rings is 1. The van der Waals surface area contributed by atoms with E-state index in [1.54, 1.807) is 18.2 Å². The van der Waals surface area contributed by atoms with Crippen molar-refractivity contribution in [2.24, 2.45) is 5.92 Å². The van der Waals surface area contributed by atoms with Crippen molar-refractivity contribution in [2.75, 3.05) is 4.72 Å².